The summed E-state index contributed by atoms with van der Waals surface area (Å²) in [6.45, 7) is 6.21. The maximum Gasteiger partial charge on any atom is 0.407 e. The SMILES string of the molecule is CC(C)(C)OC(=O)NCCC(=O)N(Cc1ccco1)Cc1ccco1. The minimum absolute atomic E-state index is 0.121. The molecule has 2 aromatic heterocycles. The van der Waals surface area contributed by atoms with Crippen LogP contribution in [0.1, 0.15) is 38.7 Å². The molecule has 0 saturated heterocycles. The Bertz CT molecular complexity index is 620. The third-order valence-electron chi connectivity index (χ3n) is 3.21. The summed E-state index contributed by atoms with van der Waals surface area (Å²) < 4.78 is 15.8. The van der Waals surface area contributed by atoms with E-state index in [-0.39, 0.29) is 18.9 Å². The maximum absolute atomic E-state index is 12.5. The molecule has 0 saturated carbocycles. The summed E-state index contributed by atoms with van der Waals surface area (Å²) in [5.74, 6) is 1.24. The van der Waals surface area contributed by atoms with Gasteiger partial charge in [-0.25, -0.2) is 4.79 Å². The van der Waals surface area contributed by atoms with Crippen molar-refractivity contribution in [2.45, 2.75) is 45.9 Å². The van der Waals surface area contributed by atoms with E-state index < -0.39 is 11.7 Å². The molecule has 0 aliphatic rings. The van der Waals surface area contributed by atoms with Crippen LogP contribution in [0.15, 0.2) is 45.6 Å². The average Bonchev–Trinajstić information content (AvgIpc) is 3.18. The number of ether oxygens (including phenoxy) is 1. The van der Waals surface area contributed by atoms with E-state index in [1.165, 1.54) is 0 Å². The predicted octanol–water partition coefficient (Wildman–Crippen LogP) is 3.32. The molecule has 7 nitrogen and oxygen atoms in total. The van der Waals surface area contributed by atoms with Crippen LogP contribution in [0.5, 0.6) is 0 Å². The highest BCUT2D eigenvalue weighted by atomic mass is 16.6. The number of rotatable bonds is 7. The zero-order valence-electron chi connectivity index (χ0n) is 14.8. The van der Waals surface area contributed by atoms with Crippen molar-refractivity contribution in [1.82, 2.24) is 10.2 Å². The van der Waals surface area contributed by atoms with Gasteiger partial charge in [0.1, 0.15) is 17.1 Å². The molecule has 0 unspecified atom stereocenters. The first-order valence-corrected chi connectivity index (χ1v) is 8.13. The molecule has 0 fully saturated rings. The monoisotopic (exact) mass is 348 g/mol. The van der Waals surface area contributed by atoms with Crippen molar-refractivity contribution in [3.8, 4) is 0 Å². The molecule has 136 valence electrons. The lowest BCUT2D eigenvalue weighted by molar-refractivity contribution is -0.132. The molecule has 2 amide bonds. The Kier molecular flexibility index (Phi) is 6.27. The molecule has 2 heterocycles. The number of hydrogen-bond acceptors (Lipinski definition) is 5. The van der Waals surface area contributed by atoms with E-state index >= 15 is 0 Å². The molecule has 0 aliphatic heterocycles. The van der Waals surface area contributed by atoms with Crippen molar-refractivity contribution in [2.75, 3.05) is 6.54 Å². The lowest BCUT2D eigenvalue weighted by Crippen LogP contribution is -2.36. The van der Waals surface area contributed by atoms with Gasteiger partial charge in [-0.05, 0) is 45.0 Å². The van der Waals surface area contributed by atoms with E-state index in [0.29, 0.717) is 24.6 Å². The molecule has 25 heavy (non-hydrogen) atoms. The van der Waals surface area contributed by atoms with Crippen LogP contribution in [-0.2, 0) is 22.6 Å². The second-order valence-electron chi connectivity index (χ2n) is 6.59. The highest BCUT2D eigenvalue weighted by Crippen LogP contribution is 2.12. The minimum Gasteiger partial charge on any atom is -0.467 e. The van der Waals surface area contributed by atoms with Crippen LogP contribution in [0.2, 0.25) is 0 Å². The van der Waals surface area contributed by atoms with Gasteiger partial charge < -0.3 is 23.8 Å². The Morgan fingerprint density at radius 1 is 1.08 bits per heavy atom. The lowest BCUT2D eigenvalue weighted by Gasteiger charge is -2.22. The Hall–Kier alpha value is -2.70. The topological polar surface area (TPSA) is 84.9 Å². The second kappa shape index (κ2) is 8.41. The van der Waals surface area contributed by atoms with E-state index in [9.17, 15) is 9.59 Å². The first-order chi connectivity index (χ1) is 11.8. The van der Waals surface area contributed by atoms with Crippen LogP contribution in [0.4, 0.5) is 4.79 Å². The summed E-state index contributed by atoms with van der Waals surface area (Å²) in [6, 6.07) is 7.16. The largest absolute Gasteiger partial charge is 0.467 e. The molecule has 2 aromatic rings. The van der Waals surface area contributed by atoms with Crippen LogP contribution < -0.4 is 5.32 Å². The molecule has 0 atom stereocenters. The van der Waals surface area contributed by atoms with Gasteiger partial charge in [-0.3, -0.25) is 4.79 Å². The molecule has 1 N–H and O–H groups in total. The molecule has 0 radical (unpaired) electrons. The third-order valence-corrected chi connectivity index (χ3v) is 3.21. The fourth-order valence-corrected chi connectivity index (χ4v) is 2.16. The van der Waals surface area contributed by atoms with E-state index in [2.05, 4.69) is 5.32 Å². The smallest absolute Gasteiger partial charge is 0.407 e. The van der Waals surface area contributed by atoms with Gasteiger partial charge in [0.15, 0.2) is 0 Å². The number of nitrogens with zero attached hydrogens (tertiary/aromatic N) is 1. The molecule has 0 spiro atoms. The van der Waals surface area contributed by atoms with Crippen molar-refractivity contribution >= 4 is 12.0 Å². The van der Waals surface area contributed by atoms with Gasteiger partial charge in [0, 0.05) is 13.0 Å². The van der Waals surface area contributed by atoms with Gasteiger partial charge in [-0.15, -0.1) is 0 Å². The van der Waals surface area contributed by atoms with Crippen LogP contribution in [0.25, 0.3) is 0 Å². The molecule has 2 rings (SSSR count). The van der Waals surface area contributed by atoms with Crippen LogP contribution in [0, 0.1) is 0 Å². The highest BCUT2D eigenvalue weighted by molar-refractivity contribution is 5.77. The fourth-order valence-electron chi connectivity index (χ4n) is 2.16. The lowest BCUT2D eigenvalue weighted by atomic mass is 10.2. The predicted molar refractivity (Wildman–Crippen MR) is 90.5 cm³/mol. The Morgan fingerprint density at radius 2 is 1.64 bits per heavy atom. The number of furan rings is 2. The van der Waals surface area contributed by atoms with E-state index in [0.717, 1.165) is 0 Å². The normalized spacial score (nSPS) is 11.2. The van der Waals surface area contributed by atoms with Crippen LogP contribution >= 0.6 is 0 Å². The summed E-state index contributed by atoms with van der Waals surface area (Å²) in [4.78, 5) is 25.8. The van der Waals surface area contributed by atoms with Crippen molar-refractivity contribution < 1.29 is 23.2 Å². The summed E-state index contributed by atoms with van der Waals surface area (Å²) in [7, 11) is 0. The Labute approximate surface area is 146 Å². The van der Waals surface area contributed by atoms with Crippen LogP contribution in [-0.4, -0.2) is 29.0 Å². The summed E-state index contributed by atoms with van der Waals surface area (Å²) >= 11 is 0. The number of alkyl carbamates (subject to hydrolysis) is 1. The van der Waals surface area contributed by atoms with Gasteiger partial charge >= 0.3 is 6.09 Å². The Morgan fingerprint density at radius 3 is 2.08 bits per heavy atom. The van der Waals surface area contributed by atoms with Gasteiger partial charge in [-0.1, -0.05) is 0 Å². The van der Waals surface area contributed by atoms with Gasteiger partial charge in [0.05, 0.1) is 25.6 Å². The van der Waals surface area contributed by atoms with Gasteiger partial charge in [0.25, 0.3) is 0 Å². The van der Waals surface area contributed by atoms with Crippen molar-refractivity contribution in [3.63, 3.8) is 0 Å². The quantitative estimate of drug-likeness (QED) is 0.830. The molecule has 0 aliphatic carbocycles. The van der Waals surface area contributed by atoms with Crippen molar-refractivity contribution in [3.05, 3.63) is 48.3 Å². The van der Waals surface area contributed by atoms with Gasteiger partial charge in [-0.2, -0.15) is 0 Å². The standard InChI is InChI=1S/C18H24N2O5/c1-18(2,3)25-17(22)19-9-8-16(21)20(12-14-6-4-10-23-14)13-15-7-5-11-24-15/h4-7,10-11H,8-9,12-13H2,1-3H3,(H,19,22). The highest BCUT2D eigenvalue weighted by Gasteiger charge is 2.19. The van der Waals surface area contributed by atoms with Crippen molar-refractivity contribution in [2.24, 2.45) is 0 Å². The van der Waals surface area contributed by atoms with E-state index in [4.69, 9.17) is 13.6 Å². The fraction of sp³-hybridized carbons (Fsp3) is 0.444. The number of carbonyl (C=O) groups is 2. The molecule has 0 bridgehead atoms. The van der Waals surface area contributed by atoms with E-state index in [1.807, 2.05) is 0 Å². The number of amides is 2. The zero-order valence-corrected chi connectivity index (χ0v) is 14.8. The molecular weight excluding hydrogens is 324 g/mol. The summed E-state index contributed by atoms with van der Waals surface area (Å²) in [5.41, 5.74) is -0.571. The first kappa shape index (κ1) is 18.6. The Balaban J connectivity index is 1.87. The minimum atomic E-state index is -0.571. The van der Waals surface area contributed by atoms with Crippen LogP contribution in [0.3, 0.4) is 0 Å². The summed E-state index contributed by atoms with van der Waals surface area (Å²) in [5, 5.41) is 2.59. The third kappa shape index (κ3) is 6.74. The molecular formula is C18H24N2O5. The average molecular weight is 348 g/mol. The maximum atomic E-state index is 12.5. The number of hydrogen-bond donors (Lipinski definition) is 1. The van der Waals surface area contributed by atoms with E-state index in [1.54, 1.807) is 62.5 Å². The summed E-state index contributed by atoms with van der Waals surface area (Å²) in [6.07, 6.45) is 2.74. The second-order valence-corrected chi connectivity index (χ2v) is 6.59. The zero-order chi connectivity index (χ0) is 18.3. The number of nitrogens with one attached hydrogen (secondary N) is 1. The number of carbonyl (C=O) groups excluding carboxylic acids is 2. The first-order valence-electron chi connectivity index (χ1n) is 8.13. The molecule has 0 aromatic carbocycles. The van der Waals surface area contributed by atoms with Crippen molar-refractivity contribution in [1.29, 1.82) is 0 Å². The van der Waals surface area contributed by atoms with Gasteiger partial charge in [0.2, 0.25) is 5.91 Å². The molecule has 7 heteroatoms.